The van der Waals surface area contributed by atoms with Crippen LogP contribution in [0.1, 0.15) is 63.3 Å². The van der Waals surface area contributed by atoms with E-state index in [0.29, 0.717) is 16.2 Å². The number of fused-ring (bicyclic) bond motifs is 1. The number of carbonyl (C=O) groups excluding carboxylic acids is 1. The lowest BCUT2D eigenvalue weighted by Gasteiger charge is -2.29. The molecule has 0 spiro atoms. The van der Waals surface area contributed by atoms with Gasteiger partial charge in [0, 0.05) is 22.0 Å². The van der Waals surface area contributed by atoms with E-state index in [1.54, 1.807) is 11.8 Å². The molecule has 178 valence electrons. The summed E-state index contributed by atoms with van der Waals surface area (Å²) in [6.45, 7) is 0. The maximum Gasteiger partial charge on any atom is 0.435 e. The van der Waals surface area contributed by atoms with Crippen molar-refractivity contribution < 1.29 is 22.8 Å². The van der Waals surface area contributed by atoms with Crippen LogP contribution in [0.5, 0.6) is 0 Å². The minimum atomic E-state index is -4.75. The zero-order chi connectivity index (χ0) is 23.8. The zero-order valence-electron chi connectivity index (χ0n) is 17.9. The van der Waals surface area contributed by atoms with Crippen LogP contribution < -0.4 is 0 Å². The highest BCUT2D eigenvalue weighted by atomic mass is 35.5. The van der Waals surface area contributed by atoms with Crippen LogP contribution in [0, 0.1) is 0 Å². The van der Waals surface area contributed by atoms with Crippen molar-refractivity contribution in [2.75, 3.05) is 12.0 Å². The van der Waals surface area contributed by atoms with Gasteiger partial charge in [-0.05, 0) is 73.4 Å². The summed E-state index contributed by atoms with van der Waals surface area (Å²) in [6.07, 6.45) is 1.33. The molecule has 1 aliphatic heterocycles. The molecule has 0 saturated carbocycles. The molecule has 1 atom stereocenters. The van der Waals surface area contributed by atoms with Crippen LogP contribution in [-0.4, -0.2) is 29.7 Å². The van der Waals surface area contributed by atoms with Crippen molar-refractivity contribution in [2.45, 2.75) is 56.7 Å². The van der Waals surface area contributed by atoms with E-state index in [4.69, 9.17) is 28.0 Å². The summed E-state index contributed by atoms with van der Waals surface area (Å²) in [7, 11) is 0. The first-order valence-corrected chi connectivity index (χ1v) is 13.6. The Kier molecular flexibility index (Phi) is 7.39. The highest BCUT2D eigenvalue weighted by Gasteiger charge is 2.62. The summed E-state index contributed by atoms with van der Waals surface area (Å²) in [4.78, 5) is 19.4. The van der Waals surface area contributed by atoms with Crippen molar-refractivity contribution in [3.05, 3.63) is 54.7 Å². The number of oxime groups is 1. The van der Waals surface area contributed by atoms with Crippen molar-refractivity contribution >= 4 is 57.8 Å². The Morgan fingerprint density at radius 2 is 1.85 bits per heavy atom. The molecule has 0 amide bonds. The van der Waals surface area contributed by atoms with E-state index in [-0.39, 0.29) is 27.1 Å². The molecule has 10 heteroatoms. The molecule has 3 nitrogen and oxygen atoms in total. The first kappa shape index (κ1) is 24.9. The Hall–Kier alpha value is -1.22. The van der Waals surface area contributed by atoms with Crippen LogP contribution in [0.2, 0.25) is 10.0 Å². The lowest BCUT2D eigenvalue weighted by Crippen LogP contribution is -2.42. The molecule has 1 aromatic carbocycles. The molecule has 2 aliphatic rings. The fourth-order valence-electron chi connectivity index (χ4n) is 4.39. The van der Waals surface area contributed by atoms with Gasteiger partial charge in [0.15, 0.2) is 5.78 Å². The van der Waals surface area contributed by atoms with Crippen LogP contribution in [0.4, 0.5) is 13.2 Å². The molecule has 33 heavy (non-hydrogen) atoms. The maximum absolute atomic E-state index is 14.4. The van der Waals surface area contributed by atoms with Gasteiger partial charge < -0.3 is 4.84 Å². The molecule has 0 bridgehead atoms. The highest BCUT2D eigenvalue weighted by molar-refractivity contribution is 7.98. The lowest BCUT2D eigenvalue weighted by molar-refractivity contribution is -0.275. The third-order valence-corrected chi connectivity index (χ3v) is 8.50. The Morgan fingerprint density at radius 3 is 2.48 bits per heavy atom. The summed E-state index contributed by atoms with van der Waals surface area (Å²) in [6, 6.07) is 3.80. The van der Waals surface area contributed by atoms with Gasteiger partial charge in [0.2, 0.25) is 0 Å². The topological polar surface area (TPSA) is 38.7 Å². The van der Waals surface area contributed by atoms with E-state index in [1.165, 1.54) is 29.5 Å². The number of thioether (sulfide) groups is 1. The minimum Gasteiger partial charge on any atom is -0.374 e. The van der Waals surface area contributed by atoms with Crippen molar-refractivity contribution in [1.82, 2.24) is 0 Å². The smallest absolute Gasteiger partial charge is 0.374 e. The summed E-state index contributed by atoms with van der Waals surface area (Å²) >= 11 is 14.9. The zero-order valence-corrected chi connectivity index (χ0v) is 21.0. The number of thiophene rings is 1. The lowest BCUT2D eigenvalue weighted by atomic mass is 9.85. The highest BCUT2D eigenvalue weighted by Crippen LogP contribution is 2.51. The second-order valence-electron chi connectivity index (χ2n) is 8.23. The quantitative estimate of drug-likeness (QED) is 0.267. The predicted molar refractivity (Wildman–Crippen MR) is 129 cm³/mol. The summed E-state index contributed by atoms with van der Waals surface area (Å²) in [5.41, 5.74) is -0.720. The molecule has 2 aromatic rings. The maximum atomic E-state index is 14.4. The Morgan fingerprint density at radius 1 is 1.18 bits per heavy atom. The Balaban J connectivity index is 1.71. The van der Waals surface area contributed by atoms with E-state index < -0.39 is 18.2 Å². The molecule has 2 heterocycles. The number of alkyl halides is 3. The number of benzene rings is 1. The van der Waals surface area contributed by atoms with Gasteiger partial charge in [0.1, 0.15) is 5.71 Å². The summed E-state index contributed by atoms with van der Waals surface area (Å²) < 4.78 is 43.1. The standard InChI is InChI=1S/C23H22Cl2F3NO2S2/c1-32-8-4-7-19(30)21-17-6-3-2-5-16(17)20(33-21)18-12-22(31-29-18,23(26,27)28)13-9-14(24)11-15(25)10-13/h9-11H,2-8,12H2,1H3. The Labute approximate surface area is 208 Å². The average molecular weight is 536 g/mol. The summed E-state index contributed by atoms with van der Waals surface area (Å²) in [5.74, 6) is 0.949. The predicted octanol–water partition coefficient (Wildman–Crippen LogP) is 7.84. The van der Waals surface area contributed by atoms with Crippen LogP contribution in [0.3, 0.4) is 0 Å². The number of hydrogen-bond acceptors (Lipinski definition) is 5. The van der Waals surface area contributed by atoms with Gasteiger partial charge >= 0.3 is 6.18 Å². The van der Waals surface area contributed by atoms with Gasteiger partial charge in [-0.15, -0.1) is 11.3 Å². The second kappa shape index (κ2) is 9.80. The van der Waals surface area contributed by atoms with Gasteiger partial charge in [-0.3, -0.25) is 4.79 Å². The molecular weight excluding hydrogens is 514 g/mol. The number of rotatable bonds is 7. The van der Waals surface area contributed by atoms with Gasteiger partial charge in [-0.25, -0.2) is 0 Å². The third kappa shape index (κ3) is 4.81. The number of Topliss-reactive ketones (excluding diaryl/α,β-unsaturated/α-hetero) is 1. The van der Waals surface area contributed by atoms with Crippen molar-refractivity contribution in [2.24, 2.45) is 5.16 Å². The fourth-order valence-corrected chi connectivity index (χ4v) is 6.70. The van der Waals surface area contributed by atoms with E-state index >= 15 is 0 Å². The van der Waals surface area contributed by atoms with Gasteiger partial charge in [0.25, 0.3) is 5.60 Å². The minimum absolute atomic E-state index is 0.0571. The van der Waals surface area contributed by atoms with Gasteiger partial charge in [-0.1, -0.05) is 28.4 Å². The van der Waals surface area contributed by atoms with E-state index in [1.807, 2.05) is 6.26 Å². The van der Waals surface area contributed by atoms with Crippen molar-refractivity contribution in [3.63, 3.8) is 0 Å². The molecule has 0 fully saturated rings. The number of hydrogen-bond donors (Lipinski definition) is 0. The van der Waals surface area contributed by atoms with Crippen molar-refractivity contribution in [1.29, 1.82) is 0 Å². The number of halogens is 5. The molecule has 1 aliphatic carbocycles. The molecule has 1 unspecified atom stereocenters. The molecular formula is C23H22Cl2F3NO2S2. The molecule has 0 radical (unpaired) electrons. The van der Waals surface area contributed by atoms with Crippen LogP contribution >= 0.6 is 46.3 Å². The van der Waals surface area contributed by atoms with E-state index in [9.17, 15) is 18.0 Å². The largest absolute Gasteiger partial charge is 0.435 e. The number of nitrogens with zero attached hydrogens (tertiary/aromatic N) is 1. The second-order valence-corrected chi connectivity index (χ2v) is 11.1. The molecule has 4 rings (SSSR count). The SMILES string of the molecule is CSCCCC(=O)c1sc(C2=NOC(c3cc(Cl)cc(Cl)c3)(C(F)(F)F)C2)c2c1CCCC2. The fraction of sp³-hybridized carbons (Fsp3) is 0.478. The first-order chi connectivity index (χ1) is 15.7. The monoisotopic (exact) mass is 535 g/mol. The van der Waals surface area contributed by atoms with Crippen molar-refractivity contribution in [3.8, 4) is 0 Å². The molecule has 0 N–H and O–H groups in total. The first-order valence-electron chi connectivity index (χ1n) is 10.6. The van der Waals surface area contributed by atoms with E-state index in [2.05, 4.69) is 5.16 Å². The average Bonchev–Trinajstić information content (AvgIpc) is 3.36. The van der Waals surface area contributed by atoms with Crippen LogP contribution in [0.25, 0.3) is 0 Å². The van der Waals surface area contributed by atoms with Crippen LogP contribution in [-0.2, 0) is 23.3 Å². The van der Waals surface area contributed by atoms with Gasteiger partial charge in [0.05, 0.1) is 16.2 Å². The van der Waals surface area contributed by atoms with E-state index in [0.717, 1.165) is 49.0 Å². The molecule has 1 aromatic heterocycles. The summed E-state index contributed by atoms with van der Waals surface area (Å²) in [5, 5.41) is 4.10. The van der Waals surface area contributed by atoms with Gasteiger partial charge in [-0.2, -0.15) is 24.9 Å². The number of ketones is 1. The number of carbonyl (C=O) groups is 1. The van der Waals surface area contributed by atoms with Crippen LogP contribution in [0.15, 0.2) is 23.4 Å². The molecule has 0 saturated heterocycles. The normalized spacial score (nSPS) is 20.4. The Bertz CT molecular complexity index is 1080. The third-order valence-electron chi connectivity index (χ3n) is 6.00.